The van der Waals surface area contributed by atoms with Crippen molar-refractivity contribution in [3.05, 3.63) is 95.8 Å². The average molecular weight is 474 g/mol. The van der Waals surface area contributed by atoms with Gasteiger partial charge in [-0.15, -0.1) is 0 Å². The number of nitrogens with zero attached hydrogens (tertiary/aromatic N) is 2. The number of carbonyl (C=O) groups excluding carboxylic acids is 1. The van der Waals surface area contributed by atoms with E-state index >= 15 is 0 Å². The number of oxime groups is 1. The molecular formula is C28H31N3O4. The first kappa shape index (κ1) is 24.4. The Balaban J connectivity index is 1.33. The van der Waals surface area contributed by atoms with Crippen molar-refractivity contribution in [3.63, 3.8) is 0 Å². The molecule has 0 saturated carbocycles. The zero-order valence-electron chi connectivity index (χ0n) is 19.8. The molecule has 182 valence electrons. The number of amides is 1. The third kappa shape index (κ3) is 8.22. The van der Waals surface area contributed by atoms with Crippen molar-refractivity contribution in [3.8, 4) is 5.75 Å². The van der Waals surface area contributed by atoms with Crippen LogP contribution in [0, 0.1) is 5.92 Å². The molecule has 1 fully saturated rings. The lowest BCUT2D eigenvalue weighted by atomic mass is 10.0. The predicted molar refractivity (Wildman–Crippen MR) is 134 cm³/mol. The quantitative estimate of drug-likeness (QED) is 0.334. The van der Waals surface area contributed by atoms with Crippen molar-refractivity contribution in [2.75, 3.05) is 26.4 Å². The standard InChI is InChI=1S/C28H31N3O4/c32-28(30-19-23-13-16-33-17-14-23)21-34-26-11-9-24(10-12-26)27(18-22-6-2-1-3-7-22)31-35-20-25-8-4-5-15-29-25/h1-12,15,23H,13-14,16-21H2,(H,30,32)/b31-27-. The van der Waals surface area contributed by atoms with Crippen molar-refractivity contribution < 1.29 is 19.1 Å². The summed E-state index contributed by atoms with van der Waals surface area (Å²) in [7, 11) is 0. The minimum Gasteiger partial charge on any atom is -0.484 e. The van der Waals surface area contributed by atoms with Crippen molar-refractivity contribution in [1.82, 2.24) is 10.3 Å². The van der Waals surface area contributed by atoms with Gasteiger partial charge in [0.25, 0.3) is 5.91 Å². The summed E-state index contributed by atoms with van der Waals surface area (Å²) < 4.78 is 11.0. The maximum absolute atomic E-state index is 12.2. The molecule has 2 aromatic carbocycles. The number of aromatic nitrogens is 1. The fourth-order valence-corrected chi connectivity index (χ4v) is 3.79. The van der Waals surface area contributed by atoms with E-state index in [1.807, 2.05) is 60.7 Å². The van der Waals surface area contributed by atoms with Gasteiger partial charge >= 0.3 is 0 Å². The maximum atomic E-state index is 12.2. The van der Waals surface area contributed by atoms with Gasteiger partial charge in [0.05, 0.1) is 11.4 Å². The van der Waals surface area contributed by atoms with E-state index in [0.717, 1.165) is 48.6 Å². The van der Waals surface area contributed by atoms with Crippen LogP contribution in [0.15, 0.2) is 84.1 Å². The van der Waals surface area contributed by atoms with Crippen molar-refractivity contribution in [2.45, 2.75) is 25.9 Å². The van der Waals surface area contributed by atoms with Gasteiger partial charge in [-0.2, -0.15) is 0 Å². The fourth-order valence-electron chi connectivity index (χ4n) is 3.79. The van der Waals surface area contributed by atoms with Gasteiger partial charge in [-0.3, -0.25) is 9.78 Å². The molecule has 3 aromatic rings. The molecule has 0 bridgehead atoms. The third-order valence-corrected chi connectivity index (χ3v) is 5.81. The van der Waals surface area contributed by atoms with Crippen molar-refractivity contribution >= 4 is 11.6 Å². The first-order valence-corrected chi connectivity index (χ1v) is 12.0. The fraction of sp³-hybridized carbons (Fsp3) is 0.321. The van der Waals surface area contributed by atoms with E-state index in [4.69, 9.17) is 14.3 Å². The smallest absolute Gasteiger partial charge is 0.257 e. The summed E-state index contributed by atoms with van der Waals surface area (Å²) in [6, 6.07) is 23.4. The molecule has 1 amide bonds. The van der Waals surface area contributed by atoms with Crippen LogP contribution in [0.4, 0.5) is 0 Å². The van der Waals surface area contributed by atoms with Crippen LogP contribution in [0.3, 0.4) is 0 Å². The average Bonchev–Trinajstić information content (AvgIpc) is 2.92. The molecule has 4 rings (SSSR count). The van der Waals surface area contributed by atoms with E-state index in [1.165, 1.54) is 0 Å². The van der Waals surface area contributed by atoms with E-state index in [-0.39, 0.29) is 12.5 Å². The highest BCUT2D eigenvalue weighted by Crippen LogP contribution is 2.16. The molecule has 2 heterocycles. The largest absolute Gasteiger partial charge is 0.484 e. The maximum Gasteiger partial charge on any atom is 0.257 e. The van der Waals surface area contributed by atoms with E-state index < -0.39 is 0 Å². The van der Waals surface area contributed by atoms with E-state index in [2.05, 4.69) is 27.6 Å². The van der Waals surface area contributed by atoms with Gasteiger partial charge < -0.3 is 19.6 Å². The van der Waals surface area contributed by atoms with Gasteiger partial charge in [-0.1, -0.05) is 41.6 Å². The minimum atomic E-state index is -0.116. The second kappa shape index (κ2) is 13.2. The highest BCUT2D eigenvalue weighted by molar-refractivity contribution is 6.01. The summed E-state index contributed by atoms with van der Waals surface area (Å²) in [5.74, 6) is 0.993. The van der Waals surface area contributed by atoms with Crippen LogP contribution in [-0.4, -0.2) is 43.0 Å². The second-order valence-electron chi connectivity index (χ2n) is 8.47. The molecule has 0 atom stereocenters. The highest BCUT2D eigenvalue weighted by atomic mass is 16.6. The van der Waals surface area contributed by atoms with Crippen LogP contribution < -0.4 is 10.1 Å². The number of carbonyl (C=O) groups is 1. The molecule has 1 aromatic heterocycles. The Bertz CT molecular complexity index is 1070. The van der Waals surface area contributed by atoms with Gasteiger partial charge in [0.1, 0.15) is 5.75 Å². The molecule has 7 nitrogen and oxygen atoms in total. The summed E-state index contributed by atoms with van der Waals surface area (Å²) in [6.07, 6.45) is 4.33. The normalized spacial score (nSPS) is 14.3. The van der Waals surface area contributed by atoms with Crippen LogP contribution in [0.1, 0.15) is 29.7 Å². The zero-order chi connectivity index (χ0) is 24.1. The lowest BCUT2D eigenvalue weighted by Gasteiger charge is -2.22. The summed E-state index contributed by atoms with van der Waals surface area (Å²) in [4.78, 5) is 22.1. The Hall–Kier alpha value is -3.71. The van der Waals surface area contributed by atoms with E-state index in [1.54, 1.807) is 6.20 Å². The van der Waals surface area contributed by atoms with Crippen LogP contribution in [0.2, 0.25) is 0 Å². The topological polar surface area (TPSA) is 82.0 Å². The van der Waals surface area contributed by atoms with Gasteiger partial charge in [0, 0.05) is 32.4 Å². The molecule has 0 aliphatic carbocycles. The first-order chi connectivity index (χ1) is 17.3. The zero-order valence-corrected chi connectivity index (χ0v) is 19.8. The summed E-state index contributed by atoms with van der Waals surface area (Å²) in [5.41, 5.74) is 3.67. The molecule has 1 saturated heterocycles. The molecule has 35 heavy (non-hydrogen) atoms. The lowest BCUT2D eigenvalue weighted by molar-refractivity contribution is -0.123. The SMILES string of the molecule is O=C(COc1ccc(/C(Cc2ccccc2)=N\OCc2ccccn2)cc1)NCC1CCOCC1. The van der Waals surface area contributed by atoms with Crippen molar-refractivity contribution in [2.24, 2.45) is 11.1 Å². The lowest BCUT2D eigenvalue weighted by Crippen LogP contribution is -2.35. The van der Waals surface area contributed by atoms with E-state index in [0.29, 0.717) is 31.2 Å². The first-order valence-electron chi connectivity index (χ1n) is 12.0. The number of nitrogens with one attached hydrogen (secondary N) is 1. The number of ether oxygens (including phenoxy) is 2. The van der Waals surface area contributed by atoms with Crippen LogP contribution >= 0.6 is 0 Å². The summed E-state index contributed by atoms with van der Waals surface area (Å²) in [6.45, 7) is 2.49. The summed E-state index contributed by atoms with van der Waals surface area (Å²) in [5, 5.41) is 7.38. The molecule has 0 unspecified atom stereocenters. The third-order valence-electron chi connectivity index (χ3n) is 5.81. The number of benzene rings is 2. The Morgan fingerprint density at radius 1 is 1.00 bits per heavy atom. The van der Waals surface area contributed by atoms with Gasteiger partial charge in [-0.05, 0) is 66.3 Å². The van der Waals surface area contributed by atoms with Gasteiger partial charge in [0.2, 0.25) is 0 Å². The van der Waals surface area contributed by atoms with E-state index in [9.17, 15) is 4.79 Å². The Labute approximate surface area is 206 Å². The molecule has 1 aliphatic heterocycles. The molecule has 1 N–H and O–H groups in total. The molecule has 0 spiro atoms. The predicted octanol–water partition coefficient (Wildman–Crippen LogP) is 4.17. The Kier molecular flexibility index (Phi) is 9.24. The van der Waals surface area contributed by atoms with Crippen LogP contribution in [0.25, 0.3) is 0 Å². The molecule has 7 heteroatoms. The Morgan fingerprint density at radius 3 is 2.51 bits per heavy atom. The summed E-state index contributed by atoms with van der Waals surface area (Å²) >= 11 is 0. The Morgan fingerprint density at radius 2 is 1.77 bits per heavy atom. The number of rotatable bonds is 11. The highest BCUT2D eigenvalue weighted by Gasteiger charge is 2.15. The number of hydrogen-bond donors (Lipinski definition) is 1. The molecule has 1 aliphatic rings. The second-order valence-corrected chi connectivity index (χ2v) is 8.47. The molecular weight excluding hydrogens is 442 g/mol. The number of pyridine rings is 1. The van der Waals surface area contributed by atoms with Gasteiger partial charge in [0.15, 0.2) is 13.2 Å². The van der Waals surface area contributed by atoms with Crippen LogP contribution in [-0.2, 0) is 27.4 Å². The monoisotopic (exact) mass is 473 g/mol. The molecule has 0 radical (unpaired) electrons. The van der Waals surface area contributed by atoms with Gasteiger partial charge in [-0.25, -0.2) is 0 Å². The van der Waals surface area contributed by atoms with Crippen LogP contribution in [0.5, 0.6) is 5.75 Å². The minimum absolute atomic E-state index is 0.0132. The number of hydrogen-bond acceptors (Lipinski definition) is 6. The van der Waals surface area contributed by atoms with Crippen molar-refractivity contribution in [1.29, 1.82) is 0 Å².